The number of carbonyl (C=O) groups is 1. The first kappa shape index (κ1) is 18.8. The number of alkyl halides is 1. The quantitative estimate of drug-likeness (QED) is 0.255. The van der Waals surface area contributed by atoms with E-state index in [1.54, 1.807) is 0 Å². The van der Waals surface area contributed by atoms with Crippen LogP contribution in [0.4, 0.5) is 0 Å². The second-order valence-corrected chi connectivity index (χ2v) is 5.96. The highest BCUT2D eigenvalue weighted by Crippen LogP contribution is 2.16. The molecule has 114 valence electrons. The topological polar surface area (TPSA) is 26.3 Å². The van der Waals surface area contributed by atoms with Gasteiger partial charge in [0.2, 0.25) is 0 Å². The average molecular weight is 291 g/mol. The van der Waals surface area contributed by atoms with Crippen LogP contribution in [-0.2, 0) is 9.53 Å². The molecule has 0 aliphatic heterocycles. The van der Waals surface area contributed by atoms with Crippen molar-refractivity contribution in [1.82, 2.24) is 0 Å². The molecule has 0 aromatic rings. The predicted molar refractivity (Wildman–Crippen MR) is 82.7 cm³/mol. The molecule has 0 aromatic heterocycles. The standard InChI is InChI=1S/C16H31ClO2/c1-3-4-5-6-7-8-9-10-12-16(17)13-11-14-19-15(2)18/h16H,3-14H2,1-2H3. The van der Waals surface area contributed by atoms with Crippen LogP contribution in [0.5, 0.6) is 0 Å². The summed E-state index contributed by atoms with van der Waals surface area (Å²) in [6.45, 7) is 4.21. The number of unbranched alkanes of at least 4 members (excludes halogenated alkanes) is 7. The van der Waals surface area contributed by atoms with E-state index in [-0.39, 0.29) is 11.3 Å². The van der Waals surface area contributed by atoms with Crippen molar-refractivity contribution in [1.29, 1.82) is 0 Å². The molecule has 0 heterocycles. The minimum Gasteiger partial charge on any atom is -0.466 e. The number of hydrogen-bond acceptors (Lipinski definition) is 2. The van der Waals surface area contributed by atoms with E-state index in [1.807, 2.05) is 0 Å². The Morgan fingerprint density at radius 1 is 0.947 bits per heavy atom. The predicted octanol–water partition coefficient (Wildman–Crippen LogP) is 5.47. The Hall–Kier alpha value is -0.240. The highest BCUT2D eigenvalue weighted by molar-refractivity contribution is 6.20. The van der Waals surface area contributed by atoms with Crippen LogP contribution in [0.3, 0.4) is 0 Å². The molecule has 0 spiro atoms. The van der Waals surface area contributed by atoms with E-state index in [2.05, 4.69) is 6.92 Å². The Morgan fingerprint density at radius 2 is 1.47 bits per heavy atom. The van der Waals surface area contributed by atoms with Gasteiger partial charge >= 0.3 is 5.97 Å². The van der Waals surface area contributed by atoms with Crippen LogP contribution in [0.2, 0.25) is 0 Å². The van der Waals surface area contributed by atoms with Crippen LogP contribution in [0, 0.1) is 0 Å². The number of rotatable bonds is 13. The maximum absolute atomic E-state index is 10.6. The first-order valence-corrected chi connectivity index (χ1v) is 8.38. The van der Waals surface area contributed by atoms with Crippen molar-refractivity contribution in [2.24, 2.45) is 0 Å². The van der Waals surface area contributed by atoms with E-state index in [0.29, 0.717) is 6.61 Å². The molecule has 0 fully saturated rings. The van der Waals surface area contributed by atoms with Gasteiger partial charge < -0.3 is 4.74 Å². The fraction of sp³-hybridized carbons (Fsp3) is 0.938. The molecule has 0 aromatic carbocycles. The molecule has 0 N–H and O–H groups in total. The first-order valence-electron chi connectivity index (χ1n) is 7.94. The van der Waals surface area contributed by atoms with E-state index in [0.717, 1.165) is 19.3 Å². The van der Waals surface area contributed by atoms with Crippen molar-refractivity contribution in [2.45, 2.75) is 89.9 Å². The van der Waals surface area contributed by atoms with Gasteiger partial charge in [0.15, 0.2) is 0 Å². The lowest BCUT2D eigenvalue weighted by molar-refractivity contribution is -0.141. The maximum atomic E-state index is 10.6. The van der Waals surface area contributed by atoms with Crippen molar-refractivity contribution >= 4 is 17.6 Å². The van der Waals surface area contributed by atoms with Crippen molar-refractivity contribution in [3.63, 3.8) is 0 Å². The summed E-state index contributed by atoms with van der Waals surface area (Å²) in [5, 5.41) is 0.246. The third kappa shape index (κ3) is 15.7. The zero-order chi connectivity index (χ0) is 14.3. The molecule has 0 radical (unpaired) electrons. The SMILES string of the molecule is CCCCCCCCCCC(Cl)CCCOC(C)=O. The zero-order valence-corrected chi connectivity index (χ0v) is 13.5. The second kappa shape index (κ2) is 14.2. The van der Waals surface area contributed by atoms with Crippen LogP contribution in [-0.4, -0.2) is 18.0 Å². The molecule has 0 aliphatic rings. The molecule has 19 heavy (non-hydrogen) atoms. The summed E-state index contributed by atoms with van der Waals surface area (Å²) in [5.74, 6) is -0.200. The molecule has 1 atom stereocenters. The molecule has 1 unspecified atom stereocenters. The largest absolute Gasteiger partial charge is 0.466 e. The minimum absolute atomic E-state index is 0.200. The normalized spacial score (nSPS) is 12.4. The molecule has 0 amide bonds. The van der Waals surface area contributed by atoms with Crippen molar-refractivity contribution in [3.05, 3.63) is 0 Å². The molecular weight excluding hydrogens is 260 g/mol. The highest BCUT2D eigenvalue weighted by Gasteiger charge is 2.04. The average Bonchev–Trinajstić information content (AvgIpc) is 2.37. The van der Waals surface area contributed by atoms with Gasteiger partial charge in [0.05, 0.1) is 6.61 Å². The van der Waals surface area contributed by atoms with Crippen LogP contribution in [0.1, 0.15) is 84.5 Å². The third-order valence-electron chi connectivity index (χ3n) is 3.34. The molecule has 0 saturated carbocycles. The van der Waals surface area contributed by atoms with E-state index in [4.69, 9.17) is 16.3 Å². The van der Waals surface area contributed by atoms with Crippen LogP contribution >= 0.6 is 11.6 Å². The van der Waals surface area contributed by atoms with E-state index < -0.39 is 0 Å². The lowest BCUT2D eigenvalue weighted by Crippen LogP contribution is -2.04. The molecule has 0 bridgehead atoms. The van der Waals surface area contributed by atoms with Crippen LogP contribution in [0.15, 0.2) is 0 Å². The lowest BCUT2D eigenvalue weighted by atomic mass is 10.1. The Balaban J connectivity index is 3.15. The number of ether oxygens (including phenoxy) is 1. The van der Waals surface area contributed by atoms with Gasteiger partial charge in [0.25, 0.3) is 0 Å². The van der Waals surface area contributed by atoms with Gasteiger partial charge in [0.1, 0.15) is 0 Å². The Labute approximate surface area is 124 Å². The summed E-state index contributed by atoms with van der Waals surface area (Å²) >= 11 is 6.24. The number of halogens is 1. The van der Waals surface area contributed by atoms with Crippen molar-refractivity contribution in [3.8, 4) is 0 Å². The van der Waals surface area contributed by atoms with Crippen LogP contribution < -0.4 is 0 Å². The van der Waals surface area contributed by atoms with Gasteiger partial charge in [0, 0.05) is 12.3 Å². The number of hydrogen-bond donors (Lipinski definition) is 0. The monoisotopic (exact) mass is 290 g/mol. The Kier molecular flexibility index (Phi) is 14.0. The summed E-state index contributed by atoms with van der Waals surface area (Å²) in [6, 6.07) is 0. The number of esters is 1. The summed E-state index contributed by atoms with van der Waals surface area (Å²) in [5.41, 5.74) is 0. The van der Waals surface area contributed by atoms with Crippen molar-refractivity contribution < 1.29 is 9.53 Å². The molecule has 0 rings (SSSR count). The summed E-state index contributed by atoms with van der Waals surface area (Å²) in [7, 11) is 0. The minimum atomic E-state index is -0.200. The molecule has 3 heteroatoms. The smallest absolute Gasteiger partial charge is 0.302 e. The van der Waals surface area contributed by atoms with Gasteiger partial charge in [-0.3, -0.25) is 4.79 Å². The summed E-state index contributed by atoms with van der Waals surface area (Å²) < 4.78 is 4.88. The highest BCUT2D eigenvalue weighted by atomic mass is 35.5. The maximum Gasteiger partial charge on any atom is 0.302 e. The van der Waals surface area contributed by atoms with Crippen LogP contribution in [0.25, 0.3) is 0 Å². The second-order valence-electron chi connectivity index (χ2n) is 5.34. The lowest BCUT2D eigenvalue weighted by Gasteiger charge is -2.09. The van der Waals surface area contributed by atoms with Gasteiger partial charge in [-0.15, -0.1) is 11.6 Å². The van der Waals surface area contributed by atoms with Gasteiger partial charge in [-0.05, 0) is 19.3 Å². The third-order valence-corrected chi connectivity index (χ3v) is 3.77. The molecule has 2 nitrogen and oxygen atoms in total. The molecular formula is C16H31ClO2. The van der Waals surface area contributed by atoms with Gasteiger partial charge in [-0.1, -0.05) is 58.3 Å². The number of carbonyl (C=O) groups excluding carboxylic acids is 1. The van der Waals surface area contributed by atoms with E-state index >= 15 is 0 Å². The fourth-order valence-electron chi connectivity index (χ4n) is 2.16. The molecule has 0 aliphatic carbocycles. The Morgan fingerprint density at radius 3 is 2.05 bits per heavy atom. The zero-order valence-electron chi connectivity index (χ0n) is 12.8. The van der Waals surface area contributed by atoms with E-state index in [9.17, 15) is 4.79 Å². The molecule has 0 saturated heterocycles. The Bertz CT molecular complexity index is 207. The van der Waals surface area contributed by atoms with Crippen molar-refractivity contribution in [2.75, 3.05) is 6.61 Å². The summed E-state index contributed by atoms with van der Waals surface area (Å²) in [4.78, 5) is 10.6. The first-order chi connectivity index (χ1) is 9.16. The van der Waals surface area contributed by atoms with Gasteiger partial charge in [-0.25, -0.2) is 0 Å². The fourth-order valence-corrected chi connectivity index (χ4v) is 2.47. The van der Waals surface area contributed by atoms with Gasteiger partial charge in [-0.2, -0.15) is 0 Å². The summed E-state index contributed by atoms with van der Waals surface area (Å²) in [6.07, 6.45) is 13.7. The van der Waals surface area contributed by atoms with E-state index in [1.165, 1.54) is 58.3 Å².